The van der Waals surface area contributed by atoms with Gasteiger partial charge in [0.1, 0.15) is 16.3 Å². The van der Waals surface area contributed by atoms with Crippen LogP contribution in [-0.2, 0) is 14.8 Å². The molecule has 1 amide bonds. The smallest absolute Gasteiger partial charge is 0.257 e. The van der Waals surface area contributed by atoms with Crippen molar-refractivity contribution in [1.29, 1.82) is 0 Å². The number of rotatable bonds is 7. The first-order chi connectivity index (χ1) is 10.8. The van der Waals surface area contributed by atoms with Gasteiger partial charge in [0.2, 0.25) is 10.0 Å². The number of carbonyl (C=O) groups is 1. The average Bonchev–Trinajstić information content (AvgIpc) is 3.21. The third-order valence-electron chi connectivity index (χ3n) is 3.27. The summed E-state index contributed by atoms with van der Waals surface area (Å²) >= 11 is 0. The molecule has 9 heteroatoms. The Morgan fingerprint density at radius 3 is 2.61 bits per heavy atom. The fraction of sp³-hybridized carbons (Fsp3) is 0.500. The van der Waals surface area contributed by atoms with Gasteiger partial charge in [-0.15, -0.1) is 0 Å². The second kappa shape index (κ2) is 6.90. The Labute approximate surface area is 133 Å². The fourth-order valence-corrected chi connectivity index (χ4v) is 3.41. The van der Waals surface area contributed by atoms with Gasteiger partial charge in [0.15, 0.2) is 5.82 Å². The van der Waals surface area contributed by atoms with Crippen LogP contribution in [0.25, 0.3) is 0 Å². The van der Waals surface area contributed by atoms with E-state index in [1.807, 2.05) is 0 Å². The molecule has 1 aromatic carbocycles. The van der Waals surface area contributed by atoms with Crippen molar-refractivity contribution in [3.8, 4) is 0 Å². The minimum atomic E-state index is -4.14. The topological polar surface area (TPSA) is 84.5 Å². The highest BCUT2D eigenvalue weighted by Gasteiger charge is 2.32. The van der Waals surface area contributed by atoms with Crippen molar-refractivity contribution >= 4 is 15.9 Å². The van der Waals surface area contributed by atoms with Gasteiger partial charge in [-0.3, -0.25) is 4.79 Å². The lowest BCUT2D eigenvalue weighted by molar-refractivity contribution is 0.0896. The van der Waals surface area contributed by atoms with Gasteiger partial charge in [0.25, 0.3) is 5.91 Å². The van der Waals surface area contributed by atoms with E-state index in [0.717, 1.165) is 12.1 Å². The zero-order valence-corrected chi connectivity index (χ0v) is 13.5. The van der Waals surface area contributed by atoms with E-state index < -0.39 is 44.1 Å². The van der Waals surface area contributed by atoms with Crippen molar-refractivity contribution in [2.45, 2.75) is 36.7 Å². The summed E-state index contributed by atoms with van der Waals surface area (Å²) in [7, 11) is -2.72. The Bertz CT molecular complexity index is 705. The molecule has 1 fully saturated rings. The highest BCUT2D eigenvalue weighted by molar-refractivity contribution is 7.89. The lowest BCUT2D eigenvalue weighted by atomic mass is 10.1. The van der Waals surface area contributed by atoms with E-state index in [-0.39, 0.29) is 12.6 Å². The second-order valence-electron chi connectivity index (χ2n) is 5.46. The molecule has 0 radical (unpaired) electrons. The van der Waals surface area contributed by atoms with Gasteiger partial charge < -0.3 is 10.1 Å². The van der Waals surface area contributed by atoms with Gasteiger partial charge in [-0.25, -0.2) is 21.9 Å². The number of halogens is 2. The Morgan fingerprint density at radius 2 is 2.04 bits per heavy atom. The quantitative estimate of drug-likeness (QED) is 0.775. The first-order valence-electron chi connectivity index (χ1n) is 7.06. The van der Waals surface area contributed by atoms with Crippen molar-refractivity contribution in [2.75, 3.05) is 13.7 Å². The van der Waals surface area contributed by atoms with Crippen LogP contribution < -0.4 is 10.0 Å². The van der Waals surface area contributed by atoms with Crippen LogP contribution in [-0.4, -0.2) is 40.1 Å². The first-order valence-corrected chi connectivity index (χ1v) is 8.54. The highest BCUT2D eigenvalue weighted by Crippen LogP contribution is 2.25. The summed E-state index contributed by atoms with van der Waals surface area (Å²) in [5, 5.41) is 2.35. The van der Waals surface area contributed by atoms with Gasteiger partial charge in [-0.1, -0.05) is 0 Å². The number of ether oxygens (including phenoxy) is 1. The molecule has 0 unspecified atom stereocenters. The van der Waals surface area contributed by atoms with Crippen molar-refractivity contribution in [3.63, 3.8) is 0 Å². The fourth-order valence-electron chi connectivity index (χ4n) is 2.02. The van der Waals surface area contributed by atoms with Crippen molar-refractivity contribution in [2.24, 2.45) is 0 Å². The van der Waals surface area contributed by atoms with Crippen molar-refractivity contribution < 1.29 is 26.7 Å². The van der Waals surface area contributed by atoms with E-state index >= 15 is 0 Å². The molecule has 0 saturated heterocycles. The first kappa shape index (κ1) is 17.8. The molecule has 2 rings (SSSR count). The summed E-state index contributed by atoms with van der Waals surface area (Å²) in [5.41, 5.74) is -0.924. The molecular formula is C14H18F2N2O4S. The Balaban J connectivity index is 2.32. The molecular weight excluding hydrogens is 330 g/mol. The minimum absolute atomic E-state index is 0.149. The highest BCUT2D eigenvalue weighted by atomic mass is 32.2. The largest absolute Gasteiger partial charge is 0.383 e. The molecule has 0 spiro atoms. The van der Waals surface area contributed by atoms with Crippen LogP contribution >= 0.6 is 0 Å². The zero-order valence-electron chi connectivity index (χ0n) is 12.7. The van der Waals surface area contributed by atoms with E-state index in [2.05, 4.69) is 10.0 Å². The second-order valence-corrected chi connectivity index (χ2v) is 7.14. The Hall–Kier alpha value is -1.58. The van der Waals surface area contributed by atoms with Crippen LogP contribution in [0.1, 0.15) is 30.1 Å². The average molecular weight is 348 g/mol. The molecule has 6 nitrogen and oxygen atoms in total. The number of hydrogen-bond acceptors (Lipinski definition) is 4. The third-order valence-corrected chi connectivity index (χ3v) is 4.80. The maximum Gasteiger partial charge on any atom is 0.257 e. The maximum absolute atomic E-state index is 14.4. The SMILES string of the molecule is COC[C@H](C)NC(=O)c1c(F)ccc(S(=O)(=O)NC2CC2)c1F. The third kappa shape index (κ3) is 4.24. The van der Waals surface area contributed by atoms with Gasteiger partial charge in [-0.05, 0) is 31.9 Å². The summed E-state index contributed by atoms with van der Waals surface area (Å²) in [4.78, 5) is 11.3. The van der Waals surface area contributed by atoms with Gasteiger partial charge >= 0.3 is 0 Å². The van der Waals surface area contributed by atoms with Crippen molar-refractivity contribution in [3.05, 3.63) is 29.3 Å². The number of amides is 1. The molecule has 128 valence electrons. The molecule has 23 heavy (non-hydrogen) atoms. The number of hydrogen-bond donors (Lipinski definition) is 2. The van der Waals surface area contributed by atoms with E-state index in [4.69, 9.17) is 4.74 Å². The lowest BCUT2D eigenvalue weighted by Gasteiger charge is -2.15. The number of nitrogens with one attached hydrogen (secondary N) is 2. The molecule has 0 aliphatic heterocycles. The number of sulfonamides is 1. The summed E-state index contributed by atoms with van der Waals surface area (Å²) in [6.07, 6.45) is 1.34. The molecule has 0 heterocycles. The van der Waals surface area contributed by atoms with Crippen LogP contribution in [0, 0.1) is 11.6 Å². The van der Waals surface area contributed by atoms with Crippen molar-refractivity contribution in [1.82, 2.24) is 10.0 Å². The van der Waals surface area contributed by atoms with Crippen LogP contribution in [0.2, 0.25) is 0 Å². The number of carbonyl (C=O) groups excluding carboxylic acids is 1. The van der Waals surface area contributed by atoms with Crippen LogP contribution in [0.5, 0.6) is 0 Å². The molecule has 1 saturated carbocycles. The lowest BCUT2D eigenvalue weighted by Crippen LogP contribution is -2.37. The predicted molar refractivity (Wildman–Crippen MR) is 78.5 cm³/mol. The Kier molecular flexibility index (Phi) is 5.33. The summed E-state index contributed by atoms with van der Waals surface area (Å²) in [6.45, 7) is 1.74. The molecule has 1 aliphatic rings. The monoisotopic (exact) mass is 348 g/mol. The predicted octanol–water partition coefficient (Wildman–Crippen LogP) is 1.17. The van der Waals surface area contributed by atoms with Crippen LogP contribution in [0.3, 0.4) is 0 Å². The normalized spacial score (nSPS) is 16.2. The summed E-state index contributed by atoms with van der Waals surface area (Å²) in [6, 6.07) is 0.852. The Morgan fingerprint density at radius 1 is 1.39 bits per heavy atom. The van der Waals surface area contributed by atoms with Gasteiger partial charge in [0, 0.05) is 19.2 Å². The summed E-state index contributed by atoms with van der Waals surface area (Å²) in [5.74, 6) is -3.57. The summed E-state index contributed by atoms with van der Waals surface area (Å²) < 4.78 is 59.6. The van der Waals surface area contributed by atoms with Gasteiger partial charge in [0.05, 0.1) is 6.61 Å². The zero-order chi connectivity index (χ0) is 17.2. The molecule has 1 aromatic rings. The molecule has 2 N–H and O–H groups in total. The number of benzene rings is 1. The van der Waals surface area contributed by atoms with E-state index in [1.165, 1.54) is 7.11 Å². The molecule has 1 aliphatic carbocycles. The molecule has 1 atom stereocenters. The van der Waals surface area contributed by atoms with Crippen LogP contribution in [0.15, 0.2) is 17.0 Å². The minimum Gasteiger partial charge on any atom is -0.383 e. The maximum atomic E-state index is 14.4. The molecule has 0 bridgehead atoms. The van der Waals surface area contributed by atoms with E-state index in [0.29, 0.717) is 12.8 Å². The number of methoxy groups -OCH3 is 1. The standard InChI is InChI=1S/C14H18F2N2O4S/c1-8(7-22-2)17-14(19)12-10(15)5-6-11(13(12)16)23(20,21)18-9-3-4-9/h5-6,8-9,18H,3-4,7H2,1-2H3,(H,17,19)/t8-/m0/s1. The van der Waals surface area contributed by atoms with Crippen LogP contribution in [0.4, 0.5) is 8.78 Å². The van der Waals surface area contributed by atoms with E-state index in [9.17, 15) is 22.0 Å². The van der Waals surface area contributed by atoms with Gasteiger partial charge in [-0.2, -0.15) is 0 Å². The van der Waals surface area contributed by atoms with E-state index in [1.54, 1.807) is 6.92 Å². The molecule has 0 aromatic heterocycles.